The zero-order valence-corrected chi connectivity index (χ0v) is 10.8. The zero-order valence-electron chi connectivity index (χ0n) is 10.8. The number of benzene rings is 1. The highest BCUT2D eigenvalue weighted by Gasteiger charge is 2.20. The lowest BCUT2D eigenvalue weighted by molar-refractivity contribution is 0.404. The Morgan fingerprint density at radius 3 is 2.61 bits per heavy atom. The molecule has 5 nitrogen and oxygen atoms in total. The minimum atomic E-state index is -0.130. The van der Waals surface area contributed by atoms with Gasteiger partial charge in [-0.05, 0) is 13.0 Å². The van der Waals surface area contributed by atoms with E-state index in [2.05, 4.69) is 10.5 Å². The molecule has 0 saturated carbocycles. The predicted molar refractivity (Wildman–Crippen MR) is 70.1 cm³/mol. The van der Waals surface area contributed by atoms with E-state index in [9.17, 15) is 0 Å². The van der Waals surface area contributed by atoms with E-state index < -0.39 is 0 Å². The van der Waals surface area contributed by atoms with Crippen LogP contribution in [0.3, 0.4) is 0 Å². The second kappa shape index (κ2) is 5.20. The fourth-order valence-corrected chi connectivity index (χ4v) is 2.15. The van der Waals surface area contributed by atoms with Gasteiger partial charge in [0.2, 0.25) is 0 Å². The molecule has 96 valence electrons. The average Bonchev–Trinajstić information content (AvgIpc) is 2.70. The molecular formula is C13H18N4O. The molecule has 0 aliphatic carbocycles. The molecule has 0 saturated heterocycles. The highest BCUT2D eigenvalue weighted by Crippen LogP contribution is 2.30. The molecular weight excluding hydrogens is 228 g/mol. The number of hydrazine groups is 1. The second-order valence-corrected chi connectivity index (χ2v) is 4.19. The van der Waals surface area contributed by atoms with E-state index in [1.54, 1.807) is 11.8 Å². The van der Waals surface area contributed by atoms with Crippen LogP contribution in [0.4, 0.5) is 0 Å². The first-order valence-corrected chi connectivity index (χ1v) is 5.76. The second-order valence-electron chi connectivity index (χ2n) is 4.19. The first-order chi connectivity index (χ1) is 8.67. The Labute approximate surface area is 107 Å². The molecule has 5 heteroatoms. The van der Waals surface area contributed by atoms with Crippen molar-refractivity contribution in [2.24, 2.45) is 12.9 Å². The zero-order chi connectivity index (χ0) is 13.1. The first-order valence-electron chi connectivity index (χ1n) is 5.76. The van der Waals surface area contributed by atoms with E-state index in [0.717, 1.165) is 22.6 Å². The monoisotopic (exact) mass is 246 g/mol. The number of nitrogens with one attached hydrogen (secondary N) is 1. The van der Waals surface area contributed by atoms with E-state index in [-0.39, 0.29) is 6.04 Å². The fraction of sp³-hybridized carbons (Fsp3) is 0.308. The van der Waals surface area contributed by atoms with Crippen molar-refractivity contribution < 1.29 is 4.74 Å². The lowest BCUT2D eigenvalue weighted by atomic mass is 9.99. The van der Waals surface area contributed by atoms with Gasteiger partial charge in [0.25, 0.3) is 0 Å². The number of hydrogen-bond acceptors (Lipinski definition) is 4. The summed E-state index contributed by atoms with van der Waals surface area (Å²) in [5.74, 6) is 6.50. The van der Waals surface area contributed by atoms with Crippen molar-refractivity contribution in [1.82, 2.24) is 15.2 Å². The van der Waals surface area contributed by atoms with Gasteiger partial charge in [0.15, 0.2) is 0 Å². The smallest absolute Gasteiger partial charge is 0.124 e. The molecule has 18 heavy (non-hydrogen) atoms. The van der Waals surface area contributed by atoms with E-state index in [1.165, 1.54) is 0 Å². The molecule has 0 amide bonds. The third-order valence-corrected chi connectivity index (χ3v) is 2.98. The van der Waals surface area contributed by atoms with Crippen LogP contribution in [0.15, 0.2) is 30.5 Å². The fourth-order valence-electron chi connectivity index (χ4n) is 2.15. The lowest BCUT2D eigenvalue weighted by Crippen LogP contribution is -2.29. The van der Waals surface area contributed by atoms with E-state index in [1.807, 2.05) is 44.4 Å². The topological polar surface area (TPSA) is 65.1 Å². The molecule has 1 aromatic heterocycles. The highest BCUT2D eigenvalue weighted by atomic mass is 16.5. The third-order valence-electron chi connectivity index (χ3n) is 2.98. The van der Waals surface area contributed by atoms with Crippen LogP contribution in [0.5, 0.6) is 5.75 Å². The standard InChI is InChI=1S/C13H18N4O/c1-9-11(8-17(2)16-9)13(15-14)10-6-4-5-7-12(10)18-3/h4-8,13,15H,14H2,1-3H3. The lowest BCUT2D eigenvalue weighted by Gasteiger charge is -2.18. The number of hydrogen-bond donors (Lipinski definition) is 2. The summed E-state index contributed by atoms with van der Waals surface area (Å²) in [4.78, 5) is 0. The molecule has 1 unspecified atom stereocenters. The molecule has 0 radical (unpaired) electrons. The summed E-state index contributed by atoms with van der Waals surface area (Å²) in [7, 11) is 3.55. The van der Waals surface area contributed by atoms with Gasteiger partial charge in [0.1, 0.15) is 5.75 Å². The summed E-state index contributed by atoms with van der Waals surface area (Å²) < 4.78 is 7.16. The summed E-state index contributed by atoms with van der Waals surface area (Å²) in [5, 5.41) is 4.34. The first kappa shape index (κ1) is 12.6. The Hall–Kier alpha value is -1.85. The van der Waals surface area contributed by atoms with Crippen LogP contribution < -0.4 is 16.0 Å². The minimum Gasteiger partial charge on any atom is -0.496 e. The van der Waals surface area contributed by atoms with Crippen molar-refractivity contribution in [2.45, 2.75) is 13.0 Å². The Balaban J connectivity index is 2.48. The quantitative estimate of drug-likeness (QED) is 0.630. The summed E-state index contributed by atoms with van der Waals surface area (Å²) >= 11 is 0. The molecule has 0 fully saturated rings. The molecule has 3 N–H and O–H groups in total. The van der Waals surface area contributed by atoms with Crippen molar-refractivity contribution in [3.05, 3.63) is 47.3 Å². The van der Waals surface area contributed by atoms with E-state index >= 15 is 0 Å². The molecule has 1 aromatic carbocycles. The SMILES string of the molecule is COc1ccccc1C(NN)c1cn(C)nc1C. The Morgan fingerprint density at radius 1 is 1.33 bits per heavy atom. The third kappa shape index (κ3) is 2.23. The Bertz CT molecular complexity index is 536. The van der Waals surface area contributed by atoms with Crippen LogP contribution in [0, 0.1) is 6.92 Å². The highest BCUT2D eigenvalue weighted by molar-refractivity contribution is 5.41. The van der Waals surface area contributed by atoms with Gasteiger partial charge >= 0.3 is 0 Å². The molecule has 0 aliphatic heterocycles. The number of aromatic nitrogens is 2. The average molecular weight is 246 g/mol. The number of para-hydroxylation sites is 1. The van der Waals surface area contributed by atoms with Crippen LogP contribution in [-0.4, -0.2) is 16.9 Å². The molecule has 0 spiro atoms. The van der Waals surface area contributed by atoms with Gasteiger partial charge in [-0.25, -0.2) is 5.43 Å². The van der Waals surface area contributed by atoms with Crippen LogP contribution in [-0.2, 0) is 7.05 Å². The Morgan fingerprint density at radius 2 is 2.06 bits per heavy atom. The van der Waals surface area contributed by atoms with Gasteiger partial charge in [-0.2, -0.15) is 5.10 Å². The number of methoxy groups -OCH3 is 1. The van der Waals surface area contributed by atoms with E-state index in [0.29, 0.717) is 0 Å². The van der Waals surface area contributed by atoms with Crippen LogP contribution >= 0.6 is 0 Å². The Kier molecular flexibility index (Phi) is 3.64. The summed E-state index contributed by atoms with van der Waals surface area (Å²) in [6, 6.07) is 7.69. The summed E-state index contributed by atoms with van der Waals surface area (Å²) in [5.41, 5.74) is 5.83. The van der Waals surface area contributed by atoms with Gasteiger partial charge in [-0.3, -0.25) is 10.5 Å². The number of nitrogens with zero attached hydrogens (tertiary/aromatic N) is 2. The predicted octanol–water partition coefficient (Wildman–Crippen LogP) is 1.29. The molecule has 1 atom stereocenters. The summed E-state index contributed by atoms with van der Waals surface area (Å²) in [6.07, 6.45) is 1.96. The van der Waals surface area contributed by atoms with Crippen molar-refractivity contribution in [1.29, 1.82) is 0 Å². The van der Waals surface area contributed by atoms with Crippen LogP contribution in [0.2, 0.25) is 0 Å². The number of ether oxygens (including phenoxy) is 1. The van der Waals surface area contributed by atoms with E-state index in [4.69, 9.17) is 10.6 Å². The molecule has 2 aromatic rings. The number of nitrogens with two attached hydrogens (primary N) is 1. The van der Waals surface area contributed by atoms with Crippen molar-refractivity contribution in [3.8, 4) is 5.75 Å². The molecule has 0 bridgehead atoms. The van der Waals surface area contributed by atoms with Gasteiger partial charge in [-0.15, -0.1) is 0 Å². The van der Waals surface area contributed by atoms with Crippen molar-refractivity contribution in [3.63, 3.8) is 0 Å². The van der Waals surface area contributed by atoms with Gasteiger partial charge < -0.3 is 4.74 Å². The normalized spacial score (nSPS) is 12.4. The molecule has 0 aliphatic rings. The maximum atomic E-state index is 5.70. The van der Waals surface area contributed by atoms with Crippen molar-refractivity contribution >= 4 is 0 Å². The number of aryl methyl sites for hydroxylation is 2. The molecule has 1 heterocycles. The summed E-state index contributed by atoms with van der Waals surface area (Å²) in [6.45, 7) is 1.97. The largest absolute Gasteiger partial charge is 0.496 e. The minimum absolute atomic E-state index is 0.130. The maximum Gasteiger partial charge on any atom is 0.124 e. The maximum absolute atomic E-state index is 5.70. The van der Waals surface area contributed by atoms with Gasteiger partial charge in [-0.1, -0.05) is 18.2 Å². The van der Waals surface area contributed by atoms with Crippen LogP contribution in [0.25, 0.3) is 0 Å². The van der Waals surface area contributed by atoms with Crippen molar-refractivity contribution in [2.75, 3.05) is 7.11 Å². The van der Waals surface area contributed by atoms with Crippen LogP contribution in [0.1, 0.15) is 22.9 Å². The van der Waals surface area contributed by atoms with Gasteiger partial charge in [0.05, 0.1) is 18.8 Å². The molecule has 2 rings (SSSR count). The number of rotatable bonds is 4. The van der Waals surface area contributed by atoms with Gasteiger partial charge in [0, 0.05) is 24.4 Å².